The van der Waals surface area contributed by atoms with E-state index in [1.54, 1.807) is 0 Å². The molecule has 0 aliphatic carbocycles. The van der Waals surface area contributed by atoms with Crippen molar-refractivity contribution >= 4 is 10.9 Å². The van der Waals surface area contributed by atoms with Crippen LogP contribution in [0.4, 0.5) is 0 Å². The Bertz CT molecular complexity index is 620. The zero-order valence-electron chi connectivity index (χ0n) is 12.9. The van der Waals surface area contributed by atoms with Crippen LogP contribution in [0, 0.1) is 0 Å². The Hall–Kier alpha value is -1.45. The average molecular weight is 284 g/mol. The maximum atomic E-state index is 11.3. The minimum Gasteiger partial charge on any atom is -0.385 e. The van der Waals surface area contributed by atoms with Crippen LogP contribution >= 0.6 is 0 Å². The summed E-state index contributed by atoms with van der Waals surface area (Å²) in [6.07, 6.45) is 4.46. The fourth-order valence-corrected chi connectivity index (χ4v) is 3.43. The summed E-state index contributed by atoms with van der Waals surface area (Å²) in [6.45, 7) is 6.48. The fraction of sp³-hybridized carbons (Fsp3) is 0.500. The molecule has 3 rings (SSSR count). The smallest absolute Gasteiger partial charge is 0.0915 e. The molecular weight excluding hydrogens is 260 g/mol. The average Bonchev–Trinajstić information content (AvgIpc) is 2.69. The maximum Gasteiger partial charge on any atom is 0.0915 e. The zero-order chi connectivity index (χ0) is 14.9. The standard InChI is InChI=1S/C18H24N2O/c1-14(2)20-12-5-9-18(21,10-13-20)16-7-3-8-17-15(16)6-4-11-19-17/h3-4,6-8,11,14,21H,5,9-10,12-13H2,1-2H3. The summed E-state index contributed by atoms with van der Waals surface area (Å²) < 4.78 is 0. The number of benzene rings is 1. The van der Waals surface area contributed by atoms with Crippen LogP contribution in [0.3, 0.4) is 0 Å². The van der Waals surface area contributed by atoms with E-state index in [0.717, 1.165) is 48.8 Å². The Balaban J connectivity index is 1.97. The van der Waals surface area contributed by atoms with E-state index >= 15 is 0 Å². The first kappa shape index (κ1) is 14.5. The van der Waals surface area contributed by atoms with E-state index in [-0.39, 0.29) is 0 Å². The number of rotatable bonds is 2. The third-order valence-corrected chi connectivity index (χ3v) is 4.73. The third kappa shape index (κ3) is 2.81. The maximum absolute atomic E-state index is 11.3. The summed E-state index contributed by atoms with van der Waals surface area (Å²) >= 11 is 0. The number of hydrogen-bond donors (Lipinski definition) is 1. The summed E-state index contributed by atoms with van der Waals surface area (Å²) in [6, 6.07) is 10.6. The second-order valence-electron chi connectivity index (χ2n) is 6.39. The predicted molar refractivity (Wildman–Crippen MR) is 86.2 cm³/mol. The topological polar surface area (TPSA) is 36.4 Å². The van der Waals surface area contributed by atoms with Crippen molar-refractivity contribution in [2.45, 2.75) is 44.8 Å². The SMILES string of the molecule is CC(C)N1CCCC(O)(c2cccc3ncccc23)CC1. The molecule has 2 heterocycles. The van der Waals surface area contributed by atoms with Crippen molar-refractivity contribution in [3.63, 3.8) is 0 Å². The molecule has 1 aromatic carbocycles. The van der Waals surface area contributed by atoms with Crippen molar-refractivity contribution in [2.75, 3.05) is 13.1 Å². The number of aliphatic hydroxyl groups is 1. The molecule has 0 radical (unpaired) electrons. The Morgan fingerprint density at radius 3 is 2.81 bits per heavy atom. The van der Waals surface area contributed by atoms with Gasteiger partial charge in [0.15, 0.2) is 0 Å². The van der Waals surface area contributed by atoms with Gasteiger partial charge in [-0.2, -0.15) is 0 Å². The Kier molecular flexibility index (Phi) is 3.96. The van der Waals surface area contributed by atoms with Crippen LogP contribution in [-0.2, 0) is 5.60 Å². The summed E-state index contributed by atoms with van der Waals surface area (Å²) in [5.74, 6) is 0. The van der Waals surface area contributed by atoms with Gasteiger partial charge in [0.25, 0.3) is 0 Å². The number of fused-ring (bicyclic) bond motifs is 1. The minimum atomic E-state index is -0.730. The molecule has 3 heteroatoms. The van der Waals surface area contributed by atoms with E-state index in [2.05, 4.69) is 35.9 Å². The normalized spacial score (nSPS) is 24.4. The van der Waals surface area contributed by atoms with Gasteiger partial charge in [-0.25, -0.2) is 0 Å². The highest BCUT2D eigenvalue weighted by Gasteiger charge is 2.33. The molecule has 1 atom stereocenters. The van der Waals surface area contributed by atoms with Gasteiger partial charge in [0.05, 0.1) is 11.1 Å². The first-order valence-corrected chi connectivity index (χ1v) is 7.91. The van der Waals surface area contributed by atoms with Crippen molar-refractivity contribution < 1.29 is 5.11 Å². The van der Waals surface area contributed by atoms with Crippen LogP contribution < -0.4 is 0 Å². The van der Waals surface area contributed by atoms with Crippen LogP contribution in [0.1, 0.15) is 38.7 Å². The molecule has 1 aliphatic heterocycles. The summed E-state index contributed by atoms with van der Waals surface area (Å²) in [5.41, 5.74) is 1.28. The van der Waals surface area contributed by atoms with Crippen LogP contribution in [0.5, 0.6) is 0 Å². The molecule has 1 aromatic heterocycles. The molecule has 1 fully saturated rings. The van der Waals surface area contributed by atoms with E-state index in [1.165, 1.54) is 0 Å². The van der Waals surface area contributed by atoms with Crippen LogP contribution in [-0.4, -0.2) is 34.1 Å². The largest absolute Gasteiger partial charge is 0.385 e. The monoisotopic (exact) mass is 284 g/mol. The molecule has 3 nitrogen and oxygen atoms in total. The molecular formula is C18H24N2O. The van der Waals surface area contributed by atoms with Gasteiger partial charge in [-0.1, -0.05) is 18.2 Å². The van der Waals surface area contributed by atoms with Gasteiger partial charge < -0.3 is 10.0 Å². The second kappa shape index (κ2) is 5.74. The fourth-order valence-electron chi connectivity index (χ4n) is 3.43. The summed E-state index contributed by atoms with van der Waals surface area (Å²) in [5, 5.41) is 12.3. The lowest BCUT2D eigenvalue weighted by Gasteiger charge is -2.29. The summed E-state index contributed by atoms with van der Waals surface area (Å²) in [4.78, 5) is 6.87. The van der Waals surface area contributed by atoms with Crippen molar-refractivity contribution in [2.24, 2.45) is 0 Å². The zero-order valence-corrected chi connectivity index (χ0v) is 12.9. The van der Waals surface area contributed by atoms with Gasteiger partial charge in [-0.05, 0) is 57.4 Å². The third-order valence-electron chi connectivity index (χ3n) is 4.73. The number of nitrogens with zero attached hydrogens (tertiary/aromatic N) is 2. The quantitative estimate of drug-likeness (QED) is 0.919. The van der Waals surface area contributed by atoms with Gasteiger partial charge in [0.2, 0.25) is 0 Å². The highest BCUT2D eigenvalue weighted by molar-refractivity contribution is 5.82. The molecule has 0 amide bonds. The van der Waals surface area contributed by atoms with E-state index < -0.39 is 5.60 Å². The molecule has 0 saturated carbocycles. The number of aromatic nitrogens is 1. The first-order chi connectivity index (χ1) is 10.1. The molecule has 1 N–H and O–H groups in total. The molecule has 1 aliphatic rings. The summed E-state index contributed by atoms with van der Waals surface area (Å²) in [7, 11) is 0. The molecule has 2 aromatic rings. The Labute approximate surface area is 126 Å². The van der Waals surface area contributed by atoms with Gasteiger partial charge in [0.1, 0.15) is 0 Å². The highest BCUT2D eigenvalue weighted by Crippen LogP contribution is 2.36. The lowest BCUT2D eigenvalue weighted by Crippen LogP contribution is -2.33. The van der Waals surface area contributed by atoms with Crippen LogP contribution in [0.25, 0.3) is 10.9 Å². The Morgan fingerprint density at radius 2 is 2.00 bits per heavy atom. The van der Waals surface area contributed by atoms with Gasteiger partial charge in [0, 0.05) is 24.2 Å². The Morgan fingerprint density at radius 1 is 1.14 bits per heavy atom. The molecule has 112 valence electrons. The van der Waals surface area contributed by atoms with Crippen molar-refractivity contribution in [3.8, 4) is 0 Å². The van der Waals surface area contributed by atoms with E-state index in [4.69, 9.17) is 0 Å². The predicted octanol–water partition coefficient (Wildman–Crippen LogP) is 3.32. The molecule has 1 unspecified atom stereocenters. The molecule has 21 heavy (non-hydrogen) atoms. The number of hydrogen-bond acceptors (Lipinski definition) is 3. The van der Waals surface area contributed by atoms with E-state index in [1.807, 2.05) is 24.4 Å². The first-order valence-electron chi connectivity index (χ1n) is 7.91. The van der Waals surface area contributed by atoms with Gasteiger partial charge in [-0.15, -0.1) is 0 Å². The number of pyridine rings is 1. The minimum absolute atomic E-state index is 0.543. The van der Waals surface area contributed by atoms with Crippen molar-refractivity contribution in [1.29, 1.82) is 0 Å². The van der Waals surface area contributed by atoms with Crippen LogP contribution in [0.2, 0.25) is 0 Å². The molecule has 0 spiro atoms. The van der Waals surface area contributed by atoms with Gasteiger partial charge in [-0.3, -0.25) is 4.98 Å². The van der Waals surface area contributed by atoms with Crippen molar-refractivity contribution in [1.82, 2.24) is 9.88 Å². The lowest BCUT2D eigenvalue weighted by molar-refractivity contribution is 0.0218. The van der Waals surface area contributed by atoms with Gasteiger partial charge >= 0.3 is 0 Å². The number of likely N-dealkylation sites (tertiary alicyclic amines) is 1. The van der Waals surface area contributed by atoms with Crippen molar-refractivity contribution in [3.05, 3.63) is 42.1 Å². The van der Waals surface area contributed by atoms with E-state index in [9.17, 15) is 5.11 Å². The van der Waals surface area contributed by atoms with Crippen LogP contribution in [0.15, 0.2) is 36.5 Å². The van der Waals surface area contributed by atoms with E-state index in [0.29, 0.717) is 6.04 Å². The molecule has 0 bridgehead atoms. The lowest BCUT2D eigenvalue weighted by atomic mass is 9.84. The molecule has 1 saturated heterocycles. The highest BCUT2D eigenvalue weighted by atomic mass is 16.3. The second-order valence-corrected chi connectivity index (χ2v) is 6.39.